The number of rotatable bonds is 2. The molecule has 0 fully saturated rings. The number of allylic oxidation sites excluding steroid dienone is 4. The van der Waals surface area contributed by atoms with Gasteiger partial charge in [0, 0.05) is 28.8 Å². The van der Waals surface area contributed by atoms with Crippen LogP contribution in [0.4, 0.5) is 5.69 Å². The fourth-order valence-electron chi connectivity index (χ4n) is 3.45. The third kappa shape index (κ3) is 2.52. The number of phenolic OH excluding ortho intramolecular Hbond substituents is 1. The number of nitrogen functional groups attached to an aromatic ring is 1. The van der Waals surface area contributed by atoms with E-state index >= 15 is 0 Å². The molecule has 6 nitrogen and oxygen atoms in total. The van der Waals surface area contributed by atoms with E-state index in [0.29, 0.717) is 28.3 Å². The van der Waals surface area contributed by atoms with Gasteiger partial charge in [0.15, 0.2) is 5.78 Å². The molecule has 1 aliphatic heterocycles. The lowest BCUT2D eigenvalue weighted by Gasteiger charge is -2.32. The molecule has 26 heavy (non-hydrogen) atoms. The van der Waals surface area contributed by atoms with Gasteiger partial charge < -0.3 is 20.7 Å². The van der Waals surface area contributed by atoms with Crippen LogP contribution in [-0.4, -0.2) is 22.0 Å². The first-order chi connectivity index (χ1) is 12.4. The molecule has 2 aliphatic rings. The van der Waals surface area contributed by atoms with Crippen molar-refractivity contribution in [2.24, 2.45) is 0 Å². The van der Waals surface area contributed by atoms with Gasteiger partial charge in [-0.2, -0.15) is 0 Å². The maximum absolute atomic E-state index is 11.8. The molecule has 0 radical (unpaired) electrons. The quantitative estimate of drug-likeness (QED) is 0.719. The third-order valence-corrected chi connectivity index (χ3v) is 4.57. The molecule has 0 aromatic heterocycles. The second-order valence-corrected chi connectivity index (χ2v) is 6.26. The number of aromatic hydroxyl groups is 1. The van der Waals surface area contributed by atoms with E-state index in [2.05, 4.69) is 0 Å². The molecule has 1 unspecified atom stereocenters. The number of carbonyl (C=O) groups is 2. The van der Waals surface area contributed by atoms with Crippen molar-refractivity contribution in [3.63, 3.8) is 0 Å². The van der Waals surface area contributed by atoms with Gasteiger partial charge in [0.05, 0.1) is 12.0 Å². The third-order valence-electron chi connectivity index (χ3n) is 4.57. The van der Waals surface area contributed by atoms with E-state index in [9.17, 15) is 19.8 Å². The van der Waals surface area contributed by atoms with Crippen LogP contribution in [0.1, 0.15) is 33.8 Å². The lowest BCUT2D eigenvalue weighted by atomic mass is 9.78. The second-order valence-electron chi connectivity index (χ2n) is 6.26. The van der Waals surface area contributed by atoms with Gasteiger partial charge in [0.2, 0.25) is 0 Å². The SMILES string of the molecule is Nc1ccc(C(=O)O)c(C2C3=C(CC(=O)C=C3)Oc3cc(O)ccc32)c1. The first-order valence-corrected chi connectivity index (χ1v) is 8.01. The largest absolute Gasteiger partial charge is 0.508 e. The highest BCUT2D eigenvalue weighted by Gasteiger charge is 2.34. The van der Waals surface area contributed by atoms with Gasteiger partial charge in [-0.3, -0.25) is 4.79 Å². The summed E-state index contributed by atoms with van der Waals surface area (Å²) in [5.74, 6) is -0.750. The van der Waals surface area contributed by atoms with E-state index in [1.807, 2.05) is 0 Å². The summed E-state index contributed by atoms with van der Waals surface area (Å²) in [5, 5.41) is 19.4. The standard InChI is InChI=1S/C20H15NO5/c21-10-1-4-13(20(24)25)16(7-10)19-14-5-2-11(22)8-17(14)26-18-9-12(23)3-6-15(18)19/h1-8,19,22H,9,21H2,(H,24,25). The van der Waals surface area contributed by atoms with Crippen molar-refractivity contribution in [2.75, 3.05) is 5.73 Å². The number of nitrogens with two attached hydrogens (primary N) is 1. The number of anilines is 1. The van der Waals surface area contributed by atoms with Crippen molar-refractivity contribution in [2.45, 2.75) is 12.3 Å². The fourth-order valence-corrected chi connectivity index (χ4v) is 3.45. The number of carboxylic acid groups (broad SMARTS) is 1. The van der Waals surface area contributed by atoms with Crippen LogP contribution >= 0.6 is 0 Å². The molecule has 2 aromatic carbocycles. The molecular weight excluding hydrogens is 334 g/mol. The lowest BCUT2D eigenvalue weighted by molar-refractivity contribution is -0.114. The van der Waals surface area contributed by atoms with E-state index in [-0.39, 0.29) is 23.5 Å². The van der Waals surface area contributed by atoms with Gasteiger partial charge in [-0.1, -0.05) is 12.1 Å². The van der Waals surface area contributed by atoms with Crippen LogP contribution in [0.5, 0.6) is 11.5 Å². The Labute approximate surface area is 148 Å². The van der Waals surface area contributed by atoms with Crippen molar-refractivity contribution in [3.8, 4) is 11.5 Å². The van der Waals surface area contributed by atoms with E-state index in [1.54, 1.807) is 24.3 Å². The van der Waals surface area contributed by atoms with Crippen LogP contribution in [0, 0.1) is 0 Å². The number of benzene rings is 2. The molecular formula is C20H15NO5. The lowest BCUT2D eigenvalue weighted by Crippen LogP contribution is -2.21. The van der Waals surface area contributed by atoms with Crippen LogP contribution in [0.15, 0.2) is 59.9 Å². The number of fused-ring (bicyclic) bond motifs is 1. The predicted molar refractivity (Wildman–Crippen MR) is 94.2 cm³/mol. The summed E-state index contributed by atoms with van der Waals surface area (Å²) in [7, 11) is 0. The number of carbonyl (C=O) groups excluding carboxylic acids is 1. The summed E-state index contributed by atoms with van der Waals surface area (Å²) in [4.78, 5) is 23.6. The molecule has 0 amide bonds. The Hall–Kier alpha value is -3.54. The Morgan fingerprint density at radius 2 is 1.92 bits per heavy atom. The maximum Gasteiger partial charge on any atom is 0.335 e. The summed E-state index contributed by atoms with van der Waals surface area (Å²) < 4.78 is 5.84. The molecule has 4 N–H and O–H groups in total. The summed E-state index contributed by atoms with van der Waals surface area (Å²) in [5.41, 5.74) is 8.42. The average Bonchev–Trinajstić information content (AvgIpc) is 2.59. The number of phenols is 1. The topological polar surface area (TPSA) is 110 Å². The van der Waals surface area contributed by atoms with E-state index < -0.39 is 11.9 Å². The van der Waals surface area contributed by atoms with Crippen LogP contribution in [-0.2, 0) is 4.79 Å². The minimum absolute atomic E-state index is 0.0234. The van der Waals surface area contributed by atoms with E-state index in [0.717, 1.165) is 5.57 Å². The van der Waals surface area contributed by atoms with Gasteiger partial charge in [-0.15, -0.1) is 0 Å². The van der Waals surface area contributed by atoms with Crippen LogP contribution < -0.4 is 10.5 Å². The predicted octanol–water partition coefficient (Wildman–Crippen LogP) is 2.98. The number of aromatic carboxylic acids is 1. The van der Waals surface area contributed by atoms with Gasteiger partial charge >= 0.3 is 5.97 Å². The highest BCUT2D eigenvalue weighted by atomic mass is 16.5. The molecule has 4 rings (SSSR count). The number of hydrogen-bond donors (Lipinski definition) is 3. The number of carboxylic acids is 1. The van der Waals surface area contributed by atoms with E-state index in [4.69, 9.17) is 10.5 Å². The zero-order valence-electron chi connectivity index (χ0n) is 13.6. The van der Waals surface area contributed by atoms with E-state index in [1.165, 1.54) is 24.3 Å². The first kappa shape index (κ1) is 16.0. The molecule has 6 heteroatoms. The smallest absolute Gasteiger partial charge is 0.335 e. The summed E-state index contributed by atoms with van der Waals surface area (Å²) in [6, 6.07) is 9.32. The molecule has 130 valence electrons. The van der Waals surface area contributed by atoms with Crippen LogP contribution in [0.25, 0.3) is 0 Å². The van der Waals surface area contributed by atoms with Crippen molar-refractivity contribution in [1.29, 1.82) is 0 Å². The Morgan fingerprint density at radius 3 is 2.69 bits per heavy atom. The van der Waals surface area contributed by atoms with Crippen molar-refractivity contribution in [1.82, 2.24) is 0 Å². The highest BCUT2D eigenvalue weighted by Crippen LogP contribution is 2.47. The Morgan fingerprint density at radius 1 is 1.12 bits per heavy atom. The van der Waals surface area contributed by atoms with Crippen LogP contribution in [0.2, 0.25) is 0 Å². The number of ketones is 1. The normalized spacial score (nSPS) is 18.2. The molecule has 0 spiro atoms. The Kier molecular flexibility index (Phi) is 3.54. The van der Waals surface area contributed by atoms with Crippen molar-refractivity contribution < 1.29 is 24.5 Å². The summed E-state index contributed by atoms with van der Waals surface area (Å²) >= 11 is 0. The molecule has 0 saturated carbocycles. The highest BCUT2D eigenvalue weighted by molar-refractivity contribution is 5.94. The van der Waals surface area contributed by atoms with Crippen LogP contribution in [0.3, 0.4) is 0 Å². The minimum atomic E-state index is -1.06. The first-order valence-electron chi connectivity index (χ1n) is 8.01. The number of hydrogen-bond acceptors (Lipinski definition) is 5. The monoisotopic (exact) mass is 349 g/mol. The molecule has 1 aliphatic carbocycles. The van der Waals surface area contributed by atoms with Gasteiger partial charge in [0.1, 0.15) is 17.3 Å². The van der Waals surface area contributed by atoms with Gasteiger partial charge in [-0.25, -0.2) is 4.79 Å². The Balaban J connectivity index is 2.00. The molecule has 2 aromatic rings. The molecule has 1 heterocycles. The minimum Gasteiger partial charge on any atom is -0.508 e. The van der Waals surface area contributed by atoms with Crippen molar-refractivity contribution in [3.05, 3.63) is 76.6 Å². The number of ether oxygens (including phenoxy) is 1. The van der Waals surface area contributed by atoms with Gasteiger partial charge in [-0.05, 0) is 35.9 Å². The van der Waals surface area contributed by atoms with Crippen molar-refractivity contribution >= 4 is 17.4 Å². The maximum atomic E-state index is 11.8. The zero-order chi connectivity index (χ0) is 18.4. The zero-order valence-corrected chi connectivity index (χ0v) is 13.6. The molecule has 1 atom stereocenters. The fraction of sp³-hybridized carbons (Fsp3) is 0.100. The Bertz CT molecular complexity index is 1020. The summed E-state index contributed by atoms with van der Waals surface area (Å²) in [6.45, 7) is 0. The van der Waals surface area contributed by atoms with Gasteiger partial charge in [0.25, 0.3) is 0 Å². The molecule has 0 saturated heterocycles. The summed E-state index contributed by atoms with van der Waals surface area (Å²) in [6.07, 6.45) is 3.21. The second kappa shape index (κ2) is 5.77. The molecule has 0 bridgehead atoms. The average molecular weight is 349 g/mol.